The highest BCUT2D eigenvalue weighted by atomic mass is 32.2. The van der Waals surface area contributed by atoms with Crippen LogP contribution in [0, 0.1) is 5.82 Å². The number of amides is 2. The molecule has 1 aliphatic heterocycles. The fourth-order valence-corrected chi connectivity index (χ4v) is 4.10. The first-order valence-corrected chi connectivity index (χ1v) is 11.6. The van der Waals surface area contributed by atoms with Gasteiger partial charge in [0, 0.05) is 25.2 Å². The maximum absolute atomic E-state index is 14.2. The standard InChI is InChI=1S/C21H24FN3O6S/c1-14(21(27)23-2)24(11-15-6-4-5-7-17(15)22)20(26)12-25(32(3,28)29)16-8-9-18-19(10-16)31-13-30-18/h4-10,14H,11-13H2,1-3H3,(H,23,27)/t14-/m1/s1. The minimum absolute atomic E-state index is 0.0106. The lowest BCUT2D eigenvalue weighted by molar-refractivity contribution is -0.139. The minimum atomic E-state index is -3.88. The first-order valence-electron chi connectivity index (χ1n) is 9.73. The summed E-state index contributed by atoms with van der Waals surface area (Å²) in [6.45, 7) is 0.701. The number of halogens is 1. The third-order valence-corrected chi connectivity index (χ3v) is 6.18. The number of nitrogens with one attached hydrogen (secondary N) is 1. The molecule has 0 radical (unpaired) electrons. The number of likely N-dealkylation sites (N-methyl/N-ethyl adjacent to an activating group) is 1. The van der Waals surface area contributed by atoms with Crippen molar-refractivity contribution in [3.05, 3.63) is 53.8 Å². The van der Waals surface area contributed by atoms with E-state index in [0.29, 0.717) is 11.5 Å². The van der Waals surface area contributed by atoms with Crippen LogP contribution in [-0.4, -0.2) is 57.8 Å². The van der Waals surface area contributed by atoms with E-state index in [9.17, 15) is 22.4 Å². The third-order valence-electron chi connectivity index (χ3n) is 5.04. The molecule has 1 atom stereocenters. The van der Waals surface area contributed by atoms with Crippen LogP contribution in [0.1, 0.15) is 12.5 Å². The largest absolute Gasteiger partial charge is 0.454 e. The van der Waals surface area contributed by atoms with Gasteiger partial charge in [-0.3, -0.25) is 13.9 Å². The van der Waals surface area contributed by atoms with Crippen LogP contribution in [0.3, 0.4) is 0 Å². The van der Waals surface area contributed by atoms with Crippen LogP contribution in [0.5, 0.6) is 11.5 Å². The molecule has 0 saturated heterocycles. The summed E-state index contributed by atoms with van der Waals surface area (Å²) in [5, 5.41) is 2.46. The number of carbonyl (C=O) groups is 2. The Labute approximate surface area is 185 Å². The van der Waals surface area contributed by atoms with Crippen LogP contribution in [0.4, 0.5) is 10.1 Å². The van der Waals surface area contributed by atoms with E-state index in [1.165, 1.54) is 44.3 Å². The van der Waals surface area contributed by atoms with Gasteiger partial charge in [0.1, 0.15) is 18.4 Å². The van der Waals surface area contributed by atoms with Gasteiger partial charge in [0.05, 0.1) is 11.9 Å². The molecule has 2 amide bonds. The van der Waals surface area contributed by atoms with Crippen molar-refractivity contribution in [2.24, 2.45) is 0 Å². The Hall–Kier alpha value is -3.34. The Balaban J connectivity index is 1.92. The Morgan fingerprint density at radius 2 is 1.84 bits per heavy atom. The van der Waals surface area contributed by atoms with Crippen LogP contribution in [0.25, 0.3) is 0 Å². The van der Waals surface area contributed by atoms with Crippen molar-refractivity contribution in [1.82, 2.24) is 10.2 Å². The van der Waals surface area contributed by atoms with Gasteiger partial charge < -0.3 is 19.7 Å². The van der Waals surface area contributed by atoms with Crippen molar-refractivity contribution in [2.75, 3.05) is 30.9 Å². The van der Waals surface area contributed by atoms with Gasteiger partial charge in [-0.2, -0.15) is 0 Å². The Kier molecular flexibility index (Phi) is 6.87. The molecule has 2 aromatic carbocycles. The molecule has 0 unspecified atom stereocenters. The number of fused-ring (bicyclic) bond motifs is 1. The average Bonchev–Trinajstić information content (AvgIpc) is 3.22. The summed E-state index contributed by atoms with van der Waals surface area (Å²) >= 11 is 0. The predicted molar refractivity (Wildman–Crippen MR) is 115 cm³/mol. The van der Waals surface area contributed by atoms with Crippen molar-refractivity contribution in [3.63, 3.8) is 0 Å². The Bertz CT molecular complexity index is 1120. The predicted octanol–water partition coefficient (Wildman–Crippen LogP) is 1.48. The van der Waals surface area contributed by atoms with E-state index in [-0.39, 0.29) is 24.6 Å². The normalized spacial score (nSPS) is 13.4. The smallest absolute Gasteiger partial charge is 0.244 e. The van der Waals surface area contributed by atoms with Crippen LogP contribution < -0.4 is 19.1 Å². The van der Waals surface area contributed by atoms with Crippen LogP contribution in [0.2, 0.25) is 0 Å². The number of anilines is 1. The van der Waals surface area contributed by atoms with Gasteiger partial charge in [-0.05, 0) is 25.1 Å². The van der Waals surface area contributed by atoms with E-state index in [1.807, 2.05) is 0 Å². The molecule has 1 N–H and O–H groups in total. The summed E-state index contributed by atoms with van der Waals surface area (Å²) in [7, 11) is -2.46. The maximum Gasteiger partial charge on any atom is 0.244 e. The summed E-state index contributed by atoms with van der Waals surface area (Å²) in [6.07, 6.45) is 0.967. The highest BCUT2D eigenvalue weighted by Crippen LogP contribution is 2.36. The van der Waals surface area contributed by atoms with Gasteiger partial charge in [0.25, 0.3) is 0 Å². The number of rotatable bonds is 8. The highest BCUT2D eigenvalue weighted by Gasteiger charge is 2.30. The molecule has 172 valence electrons. The minimum Gasteiger partial charge on any atom is -0.454 e. The van der Waals surface area contributed by atoms with Crippen molar-refractivity contribution in [3.8, 4) is 11.5 Å². The van der Waals surface area contributed by atoms with Crippen LogP contribution in [0.15, 0.2) is 42.5 Å². The van der Waals surface area contributed by atoms with Gasteiger partial charge >= 0.3 is 0 Å². The number of hydrogen-bond acceptors (Lipinski definition) is 6. The molecule has 3 rings (SSSR count). The number of carbonyl (C=O) groups excluding carboxylic acids is 2. The lowest BCUT2D eigenvalue weighted by atomic mass is 10.1. The Morgan fingerprint density at radius 1 is 1.16 bits per heavy atom. The summed E-state index contributed by atoms with van der Waals surface area (Å²) < 4.78 is 50.7. The zero-order valence-electron chi connectivity index (χ0n) is 17.9. The second-order valence-electron chi connectivity index (χ2n) is 7.21. The van der Waals surface area contributed by atoms with Gasteiger partial charge in [-0.1, -0.05) is 18.2 Å². The van der Waals surface area contributed by atoms with Crippen molar-refractivity contribution in [2.45, 2.75) is 19.5 Å². The lowest BCUT2D eigenvalue weighted by Crippen LogP contribution is -2.50. The van der Waals surface area contributed by atoms with Gasteiger partial charge in [0.15, 0.2) is 11.5 Å². The van der Waals surface area contributed by atoms with Gasteiger partial charge in [-0.15, -0.1) is 0 Å². The van der Waals surface area contributed by atoms with E-state index >= 15 is 0 Å². The fraction of sp³-hybridized carbons (Fsp3) is 0.333. The molecule has 2 aromatic rings. The molecule has 0 saturated carbocycles. The zero-order valence-corrected chi connectivity index (χ0v) is 18.7. The van der Waals surface area contributed by atoms with Gasteiger partial charge in [0.2, 0.25) is 28.6 Å². The first-order chi connectivity index (χ1) is 15.1. The lowest BCUT2D eigenvalue weighted by Gasteiger charge is -2.31. The van der Waals surface area contributed by atoms with E-state index in [0.717, 1.165) is 15.5 Å². The molecule has 9 nitrogen and oxygen atoms in total. The molecular formula is C21H24FN3O6S. The van der Waals surface area contributed by atoms with Gasteiger partial charge in [-0.25, -0.2) is 12.8 Å². The number of hydrogen-bond donors (Lipinski definition) is 1. The third kappa shape index (κ3) is 5.10. The first kappa shape index (κ1) is 23.3. The SMILES string of the molecule is CNC(=O)[C@@H](C)N(Cc1ccccc1F)C(=O)CN(c1ccc2c(c1)OCO2)S(C)(=O)=O. The summed E-state index contributed by atoms with van der Waals surface area (Å²) in [4.78, 5) is 26.6. The van der Waals surface area contributed by atoms with Crippen LogP contribution >= 0.6 is 0 Å². The number of benzene rings is 2. The molecule has 0 aromatic heterocycles. The number of nitrogens with zero attached hydrogens (tertiary/aromatic N) is 2. The zero-order chi connectivity index (χ0) is 23.5. The molecule has 1 aliphatic rings. The topological polar surface area (TPSA) is 105 Å². The van der Waals surface area contributed by atoms with Crippen molar-refractivity contribution < 1.29 is 31.9 Å². The van der Waals surface area contributed by atoms with E-state index in [4.69, 9.17) is 9.47 Å². The Morgan fingerprint density at radius 3 is 2.50 bits per heavy atom. The van der Waals surface area contributed by atoms with Crippen molar-refractivity contribution in [1.29, 1.82) is 0 Å². The molecule has 32 heavy (non-hydrogen) atoms. The van der Waals surface area contributed by atoms with Crippen molar-refractivity contribution >= 4 is 27.5 Å². The highest BCUT2D eigenvalue weighted by molar-refractivity contribution is 7.92. The fourth-order valence-electron chi connectivity index (χ4n) is 3.26. The average molecular weight is 466 g/mol. The van der Waals surface area contributed by atoms with E-state index < -0.39 is 40.2 Å². The summed E-state index contributed by atoms with van der Waals surface area (Å²) in [5.41, 5.74) is 0.397. The quantitative estimate of drug-likeness (QED) is 0.633. The maximum atomic E-state index is 14.2. The molecule has 0 bridgehead atoms. The number of ether oxygens (including phenoxy) is 2. The number of sulfonamides is 1. The monoisotopic (exact) mass is 465 g/mol. The molecule has 0 spiro atoms. The molecule has 0 aliphatic carbocycles. The summed E-state index contributed by atoms with van der Waals surface area (Å²) in [5.74, 6) is -0.866. The second kappa shape index (κ2) is 9.43. The van der Waals surface area contributed by atoms with E-state index in [2.05, 4.69) is 5.32 Å². The molecule has 11 heteroatoms. The second-order valence-corrected chi connectivity index (χ2v) is 9.12. The molecule has 1 heterocycles. The van der Waals surface area contributed by atoms with E-state index in [1.54, 1.807) is 12.1 Å². The molecule has 0 fully saturated rings. The summed E-state index contributed by atoms with van der Waals surface area (Å²) in [6, 6.07) is 9.40. The van der Waals surface area contributed by atoms with Crippen LogP contribution in [-0.2, 0) is 26.2 Å². The molecular weight excluding hydrogens is 441 g/mol.